The molecule has 116 valence electrons. The van der Waals surface area contributed by atoms with E-state index in [-0.39, 0.29) is 11.3 Å². The highest BCUT2D eigenvalue weighted by atomic mass is 32.2. The predicted molar refractivity (Wildman–Crippen MR) is 81.4 cm³/mol. The zero-order valence-electron chi connectivity index (χ0n) is 12.5. The van der Waals surface area contributed by atoms with Crippen LogP contribution in [0, 0.1) is 11.8 Å². The van der Waals surface area contributed by atoms with Crippen LogP contribution < -0.4 is 5.73 Å². The Balaban J connectivity index is 2.58. The summed E-state index contributed by atoms with van der Waals surface area (Å²) in [6, 6.07) is -0.672. The number of carbonyl (C=O) groups excluding carboxylic acids is 1. The van der Waals surface area contributed by atoms with Crippen molar-refractivity contribution in [2.45, 2.75) is 51.4 Å². The van der Waals surface area contributed by atoms with Gasteiger partial charge in [0.05, 0.1) is 5.37 Å². The molecular weight excluding hydrogens is 276 g/mol. The molecule has 0 aliphatic carbocycles. The maximum atomic E-state index is 12.3. The van der Waals surface area contributed by atoms with E-state index in [1.165, 1.54) is 16.7 Å². The van der Waals surface area contributed by atoms with E-state index in [9.17, 15) is 14.7 Å². The minimum atomic E-state index is -0.905. The first-order valence-corrected chi connectivity index (χ1v) is 8.29. The van der Waals surface area contributed by atoms with E-state index in [4.69, 9.17) is 5.73 Å². The molecule has 1 heterocycles. The summed E-state index contributed by atoms with van der Waals surface area (Å²) in [4.78, 5) is 25.0. The lowest BCUT2D eigenvalue weighted by atomic mass is 9.88. The minimum Gasteiger partial charge on any atom is -0.480 e. The van der Waals surface area contributed by atoms with Crippen molar-refractivity contribution in [1.82, 2.24) is 4.90 Å². The third kappa shape index (κ3) is 4.38. The van der Waals surface area contributed by atoms with Crippen LogP contribution in [0.5, 0.6) is 0 Å². The molecule has 1 fully saturated rings. The van der Waals surface area contributed by atoms with Crippen LogP contribution in [0.3, 0.4) is 0 Å². The largest absolute Gasteiger partial charge is 0.480 e. The van der Waals surface area contributed by atoms with Gasteiger partial charge < -0.3 is 15.7 Å². The molecule has 0 aromatic heterocycles. The highest BCUT2D eigenvalue weighted by Crippen LogP contribution is 2.30. The Kier molecular flexibility index (Phi) is 6.82. The molecule has 0 aromatic carbocycles. The van der Waals surface area contributed by atoms with Crippen molar-refractivity contribution >= 4 is 23.6 Å². The van der Waals surface area contributed by atoms with Crippen molar-refractivity contribution in [2.75, 3.05) is 12.3 Å². The Morgan fingerprint density at radius 1 is 1.40 bits per heavy atom. The maximum Gasteiger partial charge on any atom is 0.327 e. The Morgan fingerprint density at radius 3 is 2.55 bits per heavy atom. The summed E-state index contributed by atoms with van der Waals surface area (Å²) < 4.78 is 0. The third-order valence-electron chi connectivity index (χ3n) is 4.01. The van der Waals surface area contributed by atoms with Crippen molar-refractivity contribution < 1.29 is 14.7 Å². The number of carbonyl (C=O) groups is 2. The summed E-state index contributed by atoms with van der Waals surface area (Å²) >= 11 is 1.53. The van der Waals surface area contributed by atoms with Gasteiger partial charge in [-0.15, -0.1) is 11.8 Å². The number of carboxylic acids is 1. The van der Waals surface area contributed by atoms with Crippen molar-refractivity contribution in [3.63, 3.8) is 0 Å². The number of carboxylic acid groups (broad SMARTS) is 1. The zero-order valence-corrected chi connectivity index (χ0v) is 13.4. The summed E-state index contributed by atoms with van der Waals surface area (Å²) in [6.07, 6.45) is 2.11. The average molecular weight is 302 g/mol. The second-order valence-corrected chi connectivity index (χ2v) is 7.06. The molecule has 1 amide bonds. The highest BCUT2D eigenvalue weighted by Gasteiger charge is 2.39. The van der Waals surface area contributed by atoms with Crippen LogP contribution in [0.1, 0.15) is 40.0 Å². The lowest BCUT2D eigenvalue weighted by Crippen LogP contribution is -2.44. The second kappa shape index (κ2) is 7.88. The summed E-state index contributed by atoms with van der Waals surface area (Å²) in [5, 5.41) is 9.13. The standard InChI is InChI=1S/C14H26N2O3S/c1-9(2)11(6-7-15)4-5-13(17)16-10(3)20-8-12(16)14(18)19/h9-12H,4-8,15H2,1-3H3,(H,18,19). The molecule has 0 bridgehead atoms. The van der Waals surface area contributed by atoms with Crippen LogP contribution in [0.25, 0.3) is 0 Å². The van der Waals surface area contributed by atoms with Crippen LogP contribution >= 0.6 is 11.8 Å². The van der Waals surface area contributed by atoms with Gasteiger partial charge in [0.1, 0.15) is 6.04 Å². The van der Waals surface area contributed by atoms with Crippen molar-refractivity contribution in [3.8, 4) is 0 Å². The summed E-state index contributed by atoms with van der Waals surface area (Å²) in [5.74, 6) is 0.457. The van der Waals surface area contributed by atoms with Crippen molar-refractivity contribution in [3.05, 3.63) is 0 Å². The first-order chi connectivity index (χ1) is 9.38. The molecule has 0 saturated carbocycles. The van der Waals surface area contributed by atoms with Crippen LogP contribution in [-0.2, 0) is 9.59 Å². The number of nitrogens with two attached hydrogens (primary N) is 1. The van der Waals surface area contributed by atoms with E-state index >= 15 is 0 Å². The summed E-state index contributed by atoms with van der Waals surface area (Å²) in [6.45, 7) is 6.80. The minimum absolute atomic E-state index is 0.0439. The molecule has 6 heteroatoms. The van der Waals surface area contributed by atoms with Gasteiger partial charge in [0, 0.05) is 12.2 Å². The number of nitrogens with zero attached hydrogens (tertiary/aromatic N) is 1. The smallest absolute Gasteiger partial charge is 0.327 e. The van der Waals surface area contributed by atoms with Crippen LogP contribution in [-0.4, -0.2) is 45.6 Å². The topological polar surface area (TPSA) is 83.6 Å². The Morgan fingerprint density at radius 2 is 2.05 bits per heavy atom. The quantitative estimate of drug-likeness (QED) is 0.748. The fraction of sp³-hybridized carbons (Fsp3) is 0.857. The Bertz CT molecular complexity index is 349. The Labute approximate surface area is 125 Å². The molecule has 3 unspecified atom stereocenters. The van der Waals surface area contributed by atoms with Gasteiger partial charge in [-0.25, -0.2) is 4.79 Å². The molecular formula is C14H26N2O3S. The molecule has 0 spiro atoms. The fourth-order valence-electron chi connectivity index (χ4n) is 2.67. The second-order valence-electron chi connectivity index (χ2n) is 5.71. The molecule has 3 atom stereocenters. The fourth-order valence-corrected chi connectivity index (χ4v) is 3.86. The molecule has 1 rings (SSSR count). The first-order valence-electron chi connectivity index (χ1n) is 7.24. The van der Waals surface area contributed by atoms with Gasteiger partial charge >= 0.3 is 5.97 Å². The monoisotopic (exact) mass is 302 g/mol. The first kappa shape index (κ1) is 17.3. The molecule has 0 aromatic rings. The molecule has 20 heavy (non-hydrogen) atoms. The van der Waals surface area contributed by atoms with E-state index in [0.717, 1.165) is 12.8 Å². The summed E-state index contributed by atoms with van der Waals surface area (Å²) in [7, 11) is 0. The lowest BCUT2D eigenvalue weighted by molar-refractivity contribution is -0.149. The van der Waals surface area contributed by atoms with Crippen LogP contribution in [0.4, 0.5) is 0 Å². The van der Waals surface area contributed by atoms with E-state index in [1.807, 2.05) is 6.92 Å². The molecule has 5 nitrogen and oxygen atoms in total. The molecule has 1 aliphatic rings. The van der Waals surface area contributed by atoms with E-state index in [0.29, 0.717) is 30.6 Å². The van der Waals surface area contributed by atoms with Gasteiger partial charge in [0.25, 0.3) is 0 Å². The SMILES string of the molecule is CC(C)C(CCN)CCC(=O)N1C(C)SCC1C(=O)O. The highest BCUT2D eigenvalue weighted by molar-refractivity contribution is 8.00. The molecule has 0 radical (unpaired) electrons. The number of aliphatic carboxylic acids is 1. The Hall–Kier alpha value is -0.750. The van der Waals surface area contributed by atoms with Gasteiger partial charge in [0.15, 0.2) is 0 Å². The number of amides is 1. The van der Waals surface area contributed by atoms with Gasteiger partial charge in [-0.1, -0.05) is 13.8 Å². The normalized spacial score (nSPS) is 24.1. The number of thioether (sulfide) groups is 1. The van der Waals surface area contributed by atoms with Gasteiger partial charge in [-0.05, 0) is 38.1 Å². The average Bonchev–Trinajstić information content (AvgIpc) is 2.75. The van der Waals surface area contributed by atoms with E-state index < -0.39 is 12.0 Å². The van der Waals surface area contributed by atoms with Crippen LogP contribution in [0.2, 0.25) is 0 Å². The predicted octanol–water partition coefficient (Wildman–Crippen LogP) is 1.76. The number of hydrogen-bond donors (Lipinski definition) is 2. The van der Waals surface area contributed by atoms with E-state index in [1.54, 1.807) is 0 Å². The molecule has 1 saturated heterocycles. The van der Waals surface area contributed by atoms with Crippen molar-refractivity contribution in [2.24, 2.45) is 17.6 Å². The number of hydrogen-bond acceptors (Lipinski definition) is 4. The summed E-state index contributed by atoms with van der Waals surface area (Å²) in [5.41, 5.74) is 5.60. The van der Waals surface area contributed by atoms with E-state index in [2.05, 4.69) is 13.8 Å². The molecule has 3 N–H and O–H groups in total. The molecule has 1 aliphatic heterocycles. The van der Waals surface area contributed by atoms with Crippen LogP contribution in [0.15, 0.2) is 0 Å². The maximum absolute atomic E-state index is 12.3. The lowest BCUT2D eigenvalue weighted by Gasteiger charge is -2.26. The van der Waals surface area contributed by atoms with Gasteiger partial charge in [0.2, 0.25) is 5.91 Å². The number of rotatable bonds is 7. The van der Waals surface area contributed by atoms with Gasteiger partial charge in [-0.2, -0.15) is 0 Å². The van der Waals surface area contributed by atoms with Crippen molar-refractivity contribution in [1.29, 1.82) is 0 Å². The third-order valence-corrected chi connectivity index (χ3v) is 5.22. The van der Waals surface area contributed by atoms with Gasteiger partial charge in [-0.3, -0.25) is 4.79 Å². The zero-order chi connectivity index (χ0) is 15.3.